The lowest BCUT2D eigenvalue weighted by molar-refractivity contribution is -0.120. The van der Waals surface area contributed by atoms with Crippen LogP contribution in [0.4, 0.5) is 0 Å². The summed E-state index contributed by atoms with van der Waals surface area (Å²) in [5.41, 5.74) is 1.65. The predicted octanol–water partition coefficient (Wildman–Crippen LogP) is 4.55. The largest absolute Gasteiger partial charge is 0.468 e. The number of nitrogens with zero attached hydrogens (tertiary/aromatic N) is 2. The van der Waals surface area contributed by atoms with Gasteiger partial charge in [0.25, 0.3) is 0 Å². The first-order valence-electron chi connectivity index (χ1n) is 9.44. The Kier molecular flexibility index (Phi) is 6.10. The maximum Gasteiger partial charge on any atom is 0.226 e. The second kappa shape index (κ2) is 8.90. The first kappa shape index (κ1) is 19.2. The summed E-state index contributed by atoms with van der Waals surface area (Å²) in [6.45, 7) is 2.61. The van der Waals surface area contributed by atoms with Gasteiger partial charge in [0, 0.05) is 17.5 Å². The molecular formula is C21H22ClN3O2S. The van der Waals surface area contributed by atoms with Crippen molar-refractivity contribution in [3.63, 3.8) is 0 Å². The second-order valence-electron chi connectivity index (χ2n) is 6.88. The van der Waals surface area contributed by atoms with Gasteiger partial charge in [0.2, 0.25) is 5.91 Å². The monoisotopic (exact) mass is 415 g/mol. The average molecular weight is 416 g/mol. The van der Waals surface area contributed by atoms with Gasteiger partial charge < -0.3 is 9.73 Å². The van der Waals surface area contributed by atoms with E-state index in [2.05, 4.69) is 15.2 Å². The van der Waals surface area contributed by atoms with Crippen LogP contribution in [-0.4, -0.2) is 35.4 Å². The van der Waals surface area contributed by atoms with Crippen LogP contribution >= 0.6 is 22.9 Å². The number of benzene rings is 1. The minimum atomic E-state index is -0.0354. The summed E-state index contributed by atoms with van der Waals surface area (Å²) in [4.78, 5) is 19.4. The maximum atomic E-state index is 12.5. The fourth-order valence-electron chi connectivity index (χ4n) is 3.53. The molecule has 1 aliphatic heterocycles. The topological polar surface area (TPSA) is 58.4 Å². The lowest BCUT2D eigenvalue weighted by atomic mass is 10.2. The normalized spacial score (nSPS) is 15.6. The molecule has 0 spiro atoms. The van der Waals surface area contributed by atoms with Crippen molar-refractivity contribution in [1.82, 2.24) is 15.2 Å². The van der Waals surface area contributed by atoms with Crippen molar-refractivity contribution >= 4 is 28.8 Å². The number of aromatic nitrogens is 1. The van der Waals surface area contributed by atoms with Crippen LogP contribution in [0.3, 0.4) is 0 Å². The van der Waals surface area contributed by atoms with Gasteiger partial charge in [0.05, 0.1) is 29.4 Å². The summed E-state index contributed by atoms with van der Waals surface area (Å²) in [5, 5.41) is 6.47. The van der Waals surface area contributed by atoms with E-state index in [-0.39, 0.29) is 18.4 Å². The Labute approximate surface area is 173 Å². The Morgan fingerprint density at radius 3 is 2.82 bits per heavy atom. The summed E-state index contributed by atoms with van der Waals surface area (Å²) >= 11 is 7.75. The molecule has 1 N–H and O–H groups in total. The van der Waals surface area contributed by atoms with Crippen molar-refractivity contribution < 1.29 is 9.21 Å². The molecule has 2 aromatic heterocycles. The number of halogens is 1. The van der Waals surface area contributed by atoms with E-state index in [1.165, 1.54) is 24.2 Å². The van der Waals surface area contributed by atoms with Crippen LogP contribution in [0.1, 0.15) is 30.3 Å². The molecule has 0 bridgehead atoms. The van der Waals surface area contributed by atoms with E-state index in [1.54, 1.807) is 6.26 Å². The van der Waals surface area contributed by atoms with E-state index in [4.69, 9.17) is 16.0 Å². The number of rotatable bonds is 7. The third kappa shape index (κ3) is 4.46. The van der Waals surface area contributed by atoms with Crippen LogP contribution in [0, 0.1) is 0 Å². The van der Waals surface area contributed by atoms with Gasteiger partial charge in [-0.05, 0) is 44.1 Å². The quantitative estimate of drug-likeness (QED) is 0.614. The molecule has 0 unspecified atom stereocenters. The molecule has 1 fully saturated rings. The van der Waals surface area contributed by atoms with Crippen molar-refractivity contribution in [2.45, 2.75) is 25.3 Å². The molecule has 0 aliphatic carbocycles. The van der Waals surface area contributed by atoms with E-state index >= 15 is 0 Å². The zero-order valence-corrected chi connectivity index (χ0v) is 17.0. The minimum absolute atomic E-state index is 0.0354. The fraction of sp³-hybridized carbons (Fsp3) is 0.333. The number of nitrogens with one attached hydrogen (secondary N) is 1. The molecule has 4 rings (SSSR count). The smallest absolute Gasteiger partial charge is 0.226 e. The lowest BCUT2D eigenvalue weighted by Gasteiger charge is -2.25. The van der Waals surface area contributed by atoms with E-state index in [1.807, 2.05) is 41.8 Å². The SMILES string of the molecule is O=C(Cc1csc(-c2ccccc2Cl)n1)NC[C@H](c1ccco1)N1CCCC1. The standard InChI is InChI=1S/C21H22ClN3O2S/c22-17-7-2-1-6-16(17)21-24-15(14-28-21)12-20(26)23-13-18(19-8-5-11-27-19)25-9-3-4-10-25/h1-2,5-8,11,14,18H,3-4,9-10,12-13H2,(H,23,26)/t18-/m1/s1. The Morgan fingerprint density at radius 1 is 1.25 bits per heavy atom. The van der Waals surface area contributed by atoms with Crippen LogP contribution in [0.2, 0.25) is 5.02 Å². The Hall–Kier alpha value is -2.15. The molecular weight excluding hydrogens is 394 g/mol. The van der Waals surface area contributed by atoms with Crippen LogP contribution in [0.25, 0.3) is 10.6 Å². The van der Waals surface area contributed by atoms with Crippen LogP contribution in [-0.2, 0) is 11.2 Å². The average Bonchev–Trinajstić information content (AvgIpc) is 3.46. The lowest BCUT2D eigenvalue weighted by Crippen LogP contribution is -2.37. The Balaban J connectivity index is 1.37. The van der Waals surface area contributed by atoms with E-state index in [0.29, 0.717) is 11.6 Å². The van der Waals surface area contributed by atoms with Gasteiger partial charge in [-0.25, -0.2) is 4.98 Å². The summed E-state index contributed by atoms with van der Waals surface area (Å²) in [5.74, 6) is 0.864. The highest BCUT2D eigenvalue weighted by Gasteiger charge is 2.26. The predicted molar refractivity (Wildman–Crippen MR) is 112 cm³/mol. The van der Waals surface area contributed by atoms with E-state index in [0.717, 1.165) is 35.1 Å². The van der Waals surface area contributed by atoms with Crippen molar-refractivity contribution in [2.24, 2.45) is 0 Å². The van der Waals surface area contributed by atoms with Crippen molar-refractivity contribution in [3.05, 3.63) is 64.5 Å². The first-order valence-corrected chi connectivity index (χ1v) is 10.7. The molecule has 0 saturated carbocycles. The zero-order chi connectivity index (χ0) is 19.3. The molecule has 1 aromatic carbocycles. The number of furan rings is 1. The highest BCUT2D eigenvalue weighted by Crippen LogP contribution is 2.30. The molecule has 3 heterocycles. The minimum Gasteiger partial charge on any atom is -0.468 e. The van der Waals surface area contributed by atoms with Gasteiger partial charge in [0.15, 0.2) is 0 Å². The molecule has 1 saturated heterocycles. The summed E-state index contributed by atoms with van der Waals surface area (Å²) in [6.07, 6.45) is 4.32. The van der Waals surface area contributed by atoms with E-state index < -0.39 is 0 Å². The summed E-state index contributed by atoms with van der Waals surface area (Å²) < 4.78 is 5.61. The summed E-state index contributed by atoms with van der Waals surface area (Å²) in [6, 6.07) is 11.6. The zero-order valence-electron chi connectivity index (χ0n) is 15.4. The highest BCUT2D eigenvalue weighted by atomic mass is 35.5. The van der Waals surface area contributed by atoms with Crippen molar-refractivity contribution in [3.8, 4) is 10.6 Å². The molecule has 1 aliphatic rings. The van der Waals surface area contributed by atoms with Crippen molar-refractivity contribution in [2.75, 3.05) is 19.6 Å². The molecule has 1 amide bonds. The Bertz CT molecular complexity index is 919. The first-order chi connectivity index (χ1) is 13.7. The number of thiazole rings is 1. The number of likely N-dealkylation sites (tertiary alicyclic amines) is 1. The second-order valence-corrected chi connectivity index (χ2v) is 8.14. The molecule has 1 atom stereocenters. The van der Waals surface area contributed by atoms with Crippen LogP contribution < -0.4 is 5.32 Å². The van der Waals surface area contributed by atoms with Gasteiger partial charge in [-0.1, -0.05) is 29.8 Å². The molecule has 28 heavy (non-hydrogen) atoms. The number of carbonyl (C=O) groups is 1. The van der Waals surface area contributed by atoms with E-state index in [9.17, 15) is 4.79 Å². The Morgan fingerprint density at radius 2 is 2.07 bits per heavy atom. The molecule has 0 radical (unpaired) electrons. The number of hydrogen-bond donors (Lipinski definition) is 1. The van der Waals surface area contributed by atoms with Crippen LogP contribution in [0.15, 0.2) is 52.5 Å². The van der Waals surface area contributed by atoms with Gasteiger partial charge in [-0.15, -0.1) is 11.3 Å². The highest BCUT2D eigenvalue weighted by molar-refractivity contribution is 7.13. The van der Waals surface area contributed by atoms with Gasteiger partial charge in [-0.3, -0.25) is 9.69 Å². The number of carbonyl (C=O) groups excluding carboxylic acids is 1. The van der Waals surface area contributed by atoms with Gasteiger partial charge in [0.1, 0.15) is 10.8 Å². The summed E-state index contributed by atoms with van der Waals surface area (Å²) in [7, 11) is 0. The molecule has 7 heteroatoms. The maximum absolute atomic E-state index is 12.5. The van der Waals surface area contributed by atoms with Gasteiger partial charge >= 0.3 is 0 Å². The van der Waals surface area contributed by atoms with Gasteiger partial charge in [-0.2, -0.15) is 0 Å². The molecule has 146 valence electrons. The fourth-order valence-corrected chi connectivity index (χ4v) is 4.67. The third-order valence-corrected chi connectivity index (χ3v) is 6.20. The number of hydrogen-bond acceptors (Lipinski definition) is 5. The number of amides is 1. The molecule has 3 aromatic rings. The van der Waals surface area contributed by atoms with Crippen LogP contribution in [0.5, 0.6) is 0 Å². The third-order valence-electron chi connectivity index (χ3n) is 4.94. The van der Waals surface area contributed by atoms with Crippen molar-refractivity contribution in [1.29, 1.82) is 0 Å². The molecule has 5 nitrogen and oxygen atoms in total.